The summed E-state index contributed by atoms with van der Waals surface area (Å²) in [7, 11) is 1.52. The third-order valence-electron chi connectivity index (χ3n) is 2.58. The molecule has 2 rings (SSSR count). The van der Waals surface area contributed by atoms with Gasteiger partial charge in [-0.1, -0.05) is 6.07 Å². The summed E-state index contributed by atoms with van der Waals surface area (Å²) < 4.78 is 18.2. The maximum absolute atomic E-state index is 13.0. The first-order chi connectivity index (χ1) is 8.20. The molecular formula is C13H13FN2O. The Kier molecular flexibility index (Phi) is 3.23. The van der Waals surface area contributed by atoms with E-state index in [0.717, 1.165) is 11.1 Å². The molecule has 2 N–H and O–H groups in total. The maximum Gasteiger partial charge on any atom is 0.126 e. The molecular weight excluding hydrogens is 219 g/mol. The van der Waals surface area contributed by atoms with Gasteiger partial charge in [0.25, 0.3) is 0 Å². The van der Waals surface area contributed by atoms with Gasteiger partial charge >= 0.3 is 0 Å². The van der Waals surface area contributed by atoms with Crippen LogP contribution < -0.4 is 10.5 Å². The average Bonchev–Trinajstić information content (AvgIpc) is 2.34. The van der Waals surface area contributed by atoms with E-state index in [4.69, 9.17) is 10.5 Å². The number of methoxy groups -OCH3 is 1. The molecule has 1 aromatic carbocycles. The van der Waals surface area contributed by atoms with Crippen LogP contribution in [0.5, 0.6) is 5.75 Å². The lowest BCUT2D eigenvalue weighted by molar-refractivity contribution is 0.407. The molecule has 0 saturated carbocycles. The number of anilines is 1. The quantitative estimate of drug-likeness (QED) is 0.884. The third kappa shape index (κ3) is 2.53. The smallest absolute Gasteiger partial charge is 0.126 e. The summed E-state index contributed by atoms with van der Waals surface area (Å²) in [5.74, 6) is 0.217. The summed E-state index contributed by atoms with van der Waals surface area (Å²) in [6.07, 6.45) is 3.88. The van der Waals surface area contributed by atoms with Gasteiger partial charge in [0.1, 0.15) is 11.6 Å². The number of nitrogens with two attached hydrogens (primary N) is 1. The molecule has 4 heteroatoms. The van der Waals surface area contributed by atoms with Crippen LogP contribution in [-0.4, -0.2) is 12.1 Å². The minimum absolute atomic E-state index is 0.312. The molecule has 2 aromatic rings. The average molecular weight is 232 g/mol. The van der Waals surface area contributed by atoms with Crippen LogP contribution in [0.25, 0.3) is 0 Å². The van der Waals surface area contributed by atoms with Gasteiger partial charge in [-0.2, -0.15) is 0 Å². The number of nitrogens with zero attached hydrogens (tertiary/aromatic N) is 1. The van der Waals surface area contributed by atoms with E-state index in [-0.39, 0.29) is 5.82 Å². The summed E-state index contributed by atoms with van der Waals surface area (Å²) in [6.45, 7) is 0. The highest BCUT2D eigenvalue weighted by atomic mass is 19.1. The van der Waals surface area contributed by atoms with Gasteiger partial charge in [0, 0.05) is 18.7 Å². The summed E-state index contributed by atoms with van der Waals surface area (Å²) in [4.78, 5) is 3.93. The van der Waals surface area contributed by atoms with E-state index < -0.39 is 0 Å². The monoisotopic (exact) mass is 232 g/mol. The number of ether oxygens (including phenoxy) is 1. The van der Waals surface area contributed by atoms with E-state index in [1.165, 1.54) is 19.2 Å². The molecule has 0 spiro atoms. The zero-order valence-electron chi connectivity index (χ0n) is 9.48. The maximum atomic E-state index is 13.0. The van der Waals surface area contributed by atoms with Gasteiger partial charge in [0.05, 0.1) is 19.0 Å². The SMILES string of the molecule is COc1cc(F)ccc1Cc1ccncc1N. The molecule has 0 fully saturated rings. The van der Waals surface area contributed by atoms with Gasteiger partial charge in [0.2, 0.25) is 0 Å². The molecule has 3 nitrogen and oxygen atoms in total. The van der Waals surface area contributed by atoms with Gasteiger partial charge in [-0.25, -0.2) is 4.39 Å². The summed E-state index contributed by atoms with van der Waals surface area (Å²) >= 11 is 0. The number of rotatable bonds is 3. The van der Waals surface area contributed by atoms with Crippen LogP contribution in [0.15, 0.2) is 36.7 Å². The minimum atomic E-state index is -0.312. The first-order valence-electron chi connectivity index (χ1n) is 5.21. The van der Waals surface area contributed by atoms with Crippen molar-refractivity contribution in [3.05, 3.63) is 53.6 Å². The predicted molar refractivity (Wildman–Crippen MR) is 64.4 cm³/mol. The first kappa shape index (κ1) is 11.4. The van der Waals surface area contributed by atoms with Crippen LogP contribution in [0.2, 0.25) is 0 Å². The lowest BCUT2D eigenvalue weighted by Gasteiger charge is -2.09. The predicted octanol–water partition coefficient (Wildman–Crippen LogP) is 2.40. The van der Waals surface area contributed by atoms with Crippen molar-refractivity contribution in [3.8, 4) is 5.75 Å². The molecule has 1 heterocycles. The number of hydrogen-bond donors (Lipinski definition) is 1. The Morgan fingerprint density at radius 2 is 2.12 bits per heavy atom. The highest BCUT2D eigenvalue weighted by molar-refractivity contribution is 5.48. The highest BCUT2D eigenvalue weighted by Crippen LogP contribution is 2.24. The summed E-state index contributed by atoms with van der Waals surface area (Å²) in [5, 5.41) is 0. The van der Waals surface area contributed by atoms with Crippen molar-refractivity contribution in [2.75, 3.05) is 12.8 Å². The molecule has 0 bridgehead atoms. The molecule has 88 valence electrons. The first-order valence-corrected chi connectivity index (χ1v) is 5.21. The number of nitrogen functional groups attached to an aromatic ring is 1. The Morgan fingerprint density at radius 3 is 2.82 bits per heavy atom. The summed E-state index contributed by atoms with van der Waals surface area (Å²) in [6, 6.07) is 6.33. The fourth-order valence-corrected chi connectivity index (χ4v) is 1.67. The molecule has 0 aliphatic carbocycles. The second kappa shape index (κ2) is 4.82. The molecule has 0 amide bonds. The molecule has 0 aliphatic heterocycles. The van der Waals surface area contributed by atoms with E-state index in [1.54, 1.807) is 18.5 Å². The number of pyridine rings is 1. The normalized spacial score (nSPS) is 10.2. The molecule has 0 unspecified atom stereocenters. The van der Waals surface area contributed by atoms with Gasteiger partial charge in [0.15, 0.2) is 0 Å². The van der Waals surface area contributed by atoms with Crippen molar-refractivity contribution in [3.63, 3.8) is 0 Å². The highest BCUT2D eigenvalue weighted by Gasteiger charge is 2.07. The molecule has 0 radical (unpaired) electrons. The number of benzene rings is 1. The Labute approximate surface area is 99.1 Å². The van der Waals surface area contributed by atoms with Crippen LogP contribution in [0.3, 0.4) is 0 Å². The standard InChI is InChI=1S/C13H13FN2O/c1-17-13-7-11(14)3-2-10(13)6-9-4-5-16-8-12(9)15/h2-5,7-8H,6,15H2,1H3. The van der Waals surface area contributed by atoms with Crippen molar-refractivity contribution in [1.29, 1.82) is 0 Å². The fraction of sp³-hybridized carbons (Fsp3) is 0.154. The number of halogens is 1. The van der Waals surface area contributed by atoms with Crippen molar-refractivity contribution in [2.45, 2.75) is 6.42 Å². The summed E-state index contributed by atoms with van der Waals surface area (Å²) in [5.41, 5.74) is 8.28. The van der Waals surface area contributed by atoms with Crippen molar-refractivity contribution in [2.24, 2.45) is 0 Å². The van der Waals surface area contributed by atoms with Crippen LogP contribution in [0.4, 0.5) is 10.1 Å². The Hall–Kier alpha value is -2.10. The van der Waals surface area contributed by atoms with E-state index >= 15 is 0 Å². The van der Waals surface area contributed by atoms with Crippen molar-refractivity contribution < 1.29 is 9.13 Å². The van der Waals surface area contributed by atoms with Crippen molar-refractivity contribution >= 4 is 5.69 Å². The lowest BCUT2D eigenvalue weighted by atomic mass is 10.0. The van der Waals surface area contributed by atoms with Crippen LogP contribution in [0.1, 0.15) is 11.1 Å². The minimum Gasteiger partial charge on any atom is -0.496 e. The fourth-order valence-electron chi connectivity index (χ4n) is 1.67. The second-order valence-corrected chi connectivity index (χ2v) is 3.71. The largest absolute Gasteiger partial charge is 0.496 e. The topological polar surface area (TPSA) is 48.1 Å². The molecule has 17 heavy (non-hydrogen) atoms. The molecule has 0 atom stereocenters. The molecule has 0 saturated heterocycles. The zero-order valence-corrected chi connectivity index (χ0v) is 9.48. The van der Waals surface area contributed by atoms with Crippen LogP contribution in [0, 0.1) is 5.82 Å². The number of hydrogen-bond acceptors (Lipinski definition) is 3. The van der Waals surface area contributed by atoms with Gasteiger partial charge in [-0.3, -0.25) is 4.98 Å². The van der Waals surface area contributed by atoms with E-state index in [2.05, 4.69) is 4.98 Å². The number of aromatic nitrogens is 1. The Morgan fingerprint density at radius 1 is 1.29 bits per heavy atom. The zero-order chi connectivity index (χ0) is 12.3. The van der Waals surface area contributed by atoms with Gasteiger partial charge in [-0.15, -0.1) is 0 Å². The van der Waals surface area contributed by atoms with E-state index in [0.29, 0.717) is 17.9 Å². The van der Waals surface area contributed by atoms with E-state index in [9.17, 15) is 4.39 Å². The van der Waals surface area contributed by atoms with Crippen LogP contribution >= 0.6 is 0 Å². The van der Waals surface area contributed by atoms with Crippen molar-refractivity contribution in [1.82, 2.24) is 4.98 Å². The van der Waals surface area contributed by atoms with Gasteiger partial charge in [-0.05, 0) is 23.3 Å². The van der Waals surface area contributed by atoms with Crippen LogP contribution in [-0.2, 0) is 6.42 Å². The Bertz CT molecular complexity index is 529. The lowest BCUT2D eigenvalue weighted by Crippen LogP contribution is -1.99. The third-order valence-corrected chi connectivity index (χ3v) is 2.58. The molecule has 1 aromatic heterocycles. The van der Waals surface area contributed by atoms with Gasteiger partial charge < -0.3 is 10.5 Å². The second-order valence-electron chi connectivity index (χ2n) is 3.71. The van der Waals surface area contributed by atoms with E-state index in [1.807, 2.05) is 6.07 Å². The Balaban J connectivity index is 2.33. The molecule has 0 aliphatic rings.